The molecule has 0 spiro atoms. The van der Waals surface area contributed by atoms with Gasteiger partial charge in [-0.05, 0) is 29.3 Å². The summed E-state index contributed by atoms with van der Waals surface area (Å²) in [7, 11) is 0. The Morgan fingerprint density at radius 1 is 1.00 bits per heavy atom. The zero-order valence-electron chi connectivity index (χ0n) is 12.3. The summed E-state index contributed by atoms with van der Waals surface area (Å²) in [6.45, 7) is 0.494. The molecule has 0 saturated heterocycles. The Hall–Kier alpha value is -3.14. The van der Waals surface area contributed by atoms with Crippen LogP contribution in [0.25, 0.3) is 11.1 Å². The molecule has 0 unspecified atom stereocenters. The minimum Gasteiger partial charge on any atom is -0.489 e. The van der Waals surface area contributed by atoms with Crippen molar-refractivity contribution in [2.45, 2.75) is 6.61 Å². The van der Waals surface area contributed by atoms with E-state index in [-0.39, 0.29) is 5.56 Å². The number of pyridine rings is 1. The standard InChI is InChI=1S/C19H15NO3/c21-19(22)17-10-11-20-12-18(17)15-6-8-16(9-7-15)23-13-14-4-2-1-3-5-14/h1-12H,13H2,(H,21,22). The van der Waals surface area contributed by atoms with Crippen LogP contribution in [0.1, 0.15) is 15.9 Å². The van der Waals surface area contributed by atoms with Crippen LogP contribution in [0.15, 0.2) is 73.1 Å². The molecule has 0 aliphatic heterocycles. The minimum absolute atomic E-state index is 0.234. The van der Waals surface area contributed by atoms with Gasteiger partial charge in [-0.1, -0.05) is 42.5 Å². The topological polar surface area (TPSA) is 59.4 Å². The van der Waals surface area contributed by atoms with Gasteiger partial charge in [-0.2, -0.15) is 0 Å². The first kappa shape index (κ1) is 14.8. The Morgan fingerprint density at radius 2 is 1.74 bits per heavy atom. The summed E-state index contributed by atoms with van der Waals surface area (Å²) >= 11 is 0. The fourth-order valence-corrected chi connectivity index (χ4v) is 2.28. The van der Waals surface area contributed by atoms with E-state index in [4.69, 9.17) is 4.74 Å². The molecular formula is C19H15NO3. The van der Waals surface area contributed by atoms with Gasteiger partial charge in [0.15, 0.2) is 0 Å². The highest BCUT2D eigenvalue weighted by Gasteiger charge is 2.11. The summed E-state index contributed by atoms with van der Waals surface area (Å²) in [6.07, 6.45) is 3.04. The van der Waals surface area contributed by atoms with Gasteiger partial charge in [-0.15, -0.1) is 0 Å². The van der Waals surface area contributed by atoms with E-state index >= 15 is 0 Å². The van der Waals surface area contributed by atoms with Gasteiger partial charge in [0.2, 0.25) is 0 Å². The zero-order valence-corrected chi connectivity index (χ0v) is 12.3. The van der Waals surface area contributed by atoms with E-state index in [1.54, 1.807) is 6.20 Å². The highest BCUT2D eigenvalue weighted by molar-refractivity contribution is 5.95. The van der Waals surface area contributed by atoms with Crippen molar-refractivity contribution in [2.75, 3.05) is 0 Å². The van der Waals surface area contributed by atoms with E-state index in [2.05, 4.69) is 4.98 Å². The third kappa shape index (κ3) is 3.55. The second kappa shape index (κ2) is 6.75. The molecule has 3 rings (SSSR count). The number of benzene rings is 2. The van der Waals surface area contributed by atoms with Gasteiger partial charge in [0, 0.05) is 18.0 Å². The molecule has 1 N–H and O–H groups in total. The molecule has 2 aromatic carbocycles. The Labute approximate surface area is 134 Å². The largest absolute Gasteiger partial charge is 0.489 e. The first-order chi connectivity index (χ1) is 11.2. The third-order valence-corrected chi connectivity index (χ3v) is 3.47. The van der Waals surface area contributed by atoms with Gasteiger partial charge in [0.05, 0.1) is 5.56 Å². The number of nitrogens with zero attached hydrogens (tertiary/aromatic N) is 1. The molecule has 114 valence electrons. The molecule has 0 fully saturated rings. The summed E-state index contributed by atoms with van der Waals surface area (Å²) in [5.74, 6) is -0.231. The molecule has 0 atom stereocenters. The first-order valence-electron chi connectivity index (χ1n) is 7.18. The maximum absolute atomic E-state index is 11.3. The molecule has 1 heterocycles. The van der Waals surface area contributed by atoms with Gasteiger partial charge >= 0.3 is 5.97 Å². The summed E-state index contributed by atoms with van der Waals surface area (Å²) in [6, 6.07) is 18.7. The van der Waals surface area contributed by atoms with E-state index in [0.717, 1.165) is 16.9 Å². The predicted molar refractivity (Wildman–Crippen MR) is 87.4 cm³/mol. The second-order valence-electron chi connectivity index (χ2n) is 5.03. The van der Waals surface area contributed by atoms with Crippen LogP contribution in [0.5, 0.6) is 5.75 Å². The van der Waals surface area contributed by atoms with Crippen molar-refractivity contribution in [1.82, 2.24) is 4.98 Å². The number of hydrogen-bond acceptors (Lipinski definition) is 3. The average molecular weight is 305 g/mol. The quantitative estimate of drug-likeness (QED) is 0.773. The lowest BCUT2D eigenvalue weighted by atomic mass is 10.0. The molecule has 4 heteroatoms. The van der Waals surface area contributed by atoms with Crippen LogP contribution in [-0.2, 0) is 6.61 Å². The Bertz CT molecular complexity index is 798. The Kier molecular flexibility index (Phi) is 4.34. The predicted octanol–water partition coefficient (Wildman–Crippen LogP) is 4.03. The lowest BCUT2D eigenvalue weighted by Crippen LogP contribution is -2.00. The van der Waals surface area contributed by atoms with Crippen LogP contribution in [0.2, 0.25) is 0 Å². The van der Waals surface area contributed by atoms with Crippen molar-refractivity contribution in [3.05, 3.63) is 84.2 Å². The summed E-state index contributed by atoms with van der Waals surface area (Å²) in [5.41, 5.74) is 2.71. The molecule has 0 aliphatic rings. The van der Waals surface area contributed by atoms with Crippen molar-refractivity contribution < 1.29 is 14.6 Å². The molecule has 23 heavy (non-hydrogen) atoms. The van der Waals surface area contributed by atoms with Crippen LogP contribution in [-0.4, -0.2) is 16.1 Å². The van der Waals surface area contributed by atoms with Gasteiger partial charge < -0.3 is 9.84 Å². The number of ether oxygens (including phenoxy) is 1. The van der Waals surface area contributed by atoms with E-state index in [0.29, 0.717) is 12.2 Å². The van der Waals surface area contributed by atoms with E-state index in [9.17, 15) is 9.90 Å². The molecule has 0 saturated carbocycles. The maximum atomic E-state index is 11.3. The SMILES string of the molecule is O=C(O)c1ccncc1-c1ccc(OCc2ccccc2)cc1. The van der Waals surface area contributed by atoms with E-state index in [1.807, 2.05) is 54.6 Å². The number of rotatable bonds is 5. The highest BCUT2D eigenvalue weighted by Crippen LogP contribution is 2.25. The van der Waals surface area contributed by atoms with Crippen LogP contribution in [0.4, 0.5) is 0 Å². The van der Waals surface area contributed by atoms with Crippen LogP contribution < -0.4 is 4.74 Å². The van der Waals surface area contributed by atoms with Gasteiger partial charge in [0.1, 0.15) is 12.4 Å². The molecule has 0 radical (unpaired) electrons. The lowest BCUT2D eigenvalue weighted by molar-refractivity contribution is 0.0697. The van der Waals surface area contributed by atoms with E-state index < -0.39 is 5.97 Å². The molecule has 0 aliphatic carbocycles. The molecule has 0 amide bonds. The number of carboxylic acid groups (broad SMARTS) is 1. The fraction of sp³-hybridized carbons (Fsp3) is 0.0526. The average Bonchev–Trinajstić information content (AvgIpc) is 2.61. The van der Waals surface area contributed by atoms with Crippen molar-refractivity contribution in [2.24, 2.45) is 0 Å². The van der Waals surface area contributed by atoms with E-state index in [1.165, 1.54) is 12.3 Å². The fourth-order valence-electron chi connectivity index (χ4n) is 2.28. The second-order valence-corrected chi connectivity index (χ2v) is 5.03. The number of aromatic carboxylic acids is 1. The molecule has 0 bridgehead atoms. The smallest absolute Gasteiger partial charge is 0.336 e. The maximum Gasteiger partial charge on any atom is 0.336 e. The monoisotopic (exact) mass is 305 g/mol. The molecule has 3 aromatic rings. The molecule has 1 aromatic heterocycles. The molecule has 4 nitrogen and oxygen atoms in total. The summed E-state index contributed by atoms with van der Waals surface area (Å²) in [4.78, 5) is 15.3. The number of hydrogen-bond donors (Lipinski definition) is 1. The van der Waals surface area contributed by atoms with Crippen LogP contribution in [0.3, 0.4) is 0 Å². The van der Waals surface area contributed by atoms with Crippen LogP contribution in [0, 0.1) is 0 Å². The Morgan fingerprint density at radius 3 is 2.43 bits per heavy atom. The van der Waals surface area contributed by atoms with Gasteiger partial charge in [-0.3, -0.25) is 4.98 Å². The summed E-state index contributed by atoms with van der Waals surface area (Å²) < 4.78 is 5.73. The number of carboxylic acids is 1. The Balaban J connectivity index is 1.76. The third-order valence-electron chi connectivity index (χ3n) is 3.47. The number of carbonyl (C=O) groups is 1. The molecular weight excluding hydrogens is 290 g/mol. The van der Waals surface area contributed by atoms with Crippen molar-refractivity contribution in [1.29, 1.82) is 0 Å². The lowest BCUT2D eigenvalue weighted by Gasteiger charge is -2.09. The first-order valence-corrected chi connectivity index (χ1v) is 7.18. The van der Waals surface area contributed by atoms with Gasteiger partial charge in [-0.25, -0.2) is 4.79 Å². The van der Waals surface area contributed by atoms with Crippen molar-refractivity contribution >= 4 is 5.97 Å². The van der Waals surface area contributed by atoms with Crippen molar-refractivity contribution in [3.8, 4) is 16.9 Å². The van der Waals surface area contributed by atoms with Crippen LogP contribution >= 0.6 is 0 Å². The number of aromatic nitrogens is 1. The minimum atomic E-state index is -0.966. The zero-order chi connectivity index (χ0) is 16.1. The van der Waals surface area contributed by atoms with Gasteiger partial charge in [0.25, 0.3) is 0 Å². The normalized spacial score (nSPS) is 10.3. The van der Waals surface area contributed by atoms with Crippen molar-refractivity contribution in [3.63, 3.8) is 0 Å². The summed E-state index contributed by atoms with van der Waals surface area (Å²) in [5, 5.41) is 9.24. The highest BCUT2D eigenvalue weighted by atomic mass is 16.5.